The van der Waals surface area contributed by atoms with Crippen molar-refractivity contribution in [3.05, 3.63) is 0 Å². The van der Waals surface area contributed by atoms with Crippen LogP contribution in [0.3, 0.4) is 0 Å². The Labute approximate surface area is 115 Å². The van der Waals surface area contributed by atoms with E-state index in [2.05, 4.69) is 53.9 Å². The summed E-state index contributed by atoms with van der Waals surface area (Å²) in [6, 6.07) is 0.983. The number of hydrogen-bond acceptors (Lipinski definition) is 3. The third-order valence-electron chi connectivity index (χ3n) is 4.40. The van der Waals surface area contributed by atoms with Crippen molar-refractivity contribution in [1.82, 2.24) is 0 Å². The number of hydrogen-bond donors (Lipinski definition) is 0. The predicted octanol–water partition coefficient (Wildman–Crippen LogP) is 3.38. The molecule has 1 heterocycles. The molecular formula is C12H30O3Si3. The second-order valence-corrected chi connectivity index (χ2v) is 30.6. The first-order valence-electron chi connectivity index (χ1n) is 7.02. The SMILES string of the molecule is CCO[Si]1(OCC)CC(C)(C)O[Si](C)(C)[Si]1(C)C. The maximum atomic E-state index is 6.50. The fraction of sp³-hybridized carbons (Fsp3) is 1.00. The van der Waals surface area contributed by atoms with Crippen LogP contribution in [0, 0.1) is 0 Å². The van der Waals surface area contributed by atoms with Gasteiger partial charge in [-0.2, -0.15) is 0 Å². The van der Waals surface area contributed by atoms with E-state index in [1.165, 1.54) is 0 Å². The van der Waals surface area contributed by atoms with Crippen LogP contribution in [-0.2, 0) is 13.3 Å². The van der Waals surface area contributed by atoms with E-state index >= 15 is 0 Å². The largest absolute Gasteiger partial charge is 0.415 e. The van der Waals surface area contributed by atoms with Crippen LogP contribution in [0.25, 0.3) is 0 Å². The van der Waals surface area contributed by atoms with Crippen LogP contribution < -0.4 is 0 Å². The Kier molecular flexibility index (Phi) is 4.74. The molecule has 0 amide bonds. The van der Waals surface area contributed by atoms with Crippen molar-refractivity contribution in [3.63, 3.8) is 0 Å². The highest BCUT2D eigenvalue weighted by Crippen LogP contribution is 2.44. The van der Waals surface area contributed by atoms with E-state index in [0.717, 1.165) is 19.3 Å². The van der Waals surface area contributed by atoms with E-state index in [1.807, 2.05) is 0 Å². The molecule has 0 aromatic rings. The summed E-state index contributed by atoms with van der Waals surface area (Å²) in [4.78, 5) is 0. The van der Waals surface area contributed by atoms with Crippen molar-refractivity contribution in [3.8, 4) is 0 Å². The standard InChI is InChI=1S/C12H30O3Si3/c1-9-13-18(14-10-2)11-12(3,4)15-16(5,6)17(18,7)8/h9-11H2,1-8H3. The van der Waals surface area contributed by atoms with Gasteiger partial charge in [-0.15, -0.1) is 0 Å². The zero-order chi connectivity index (χ0) is 14.2. The summed E-state index contributed by atoms with van der Waals surface area (Å²) in [5, 5.41) is 0. The first-order chi connectivity index (χ1) is 8.04. The summed E-state index contributed by atoms with van der Waals surface area (Å²) >= 11 is 0. The Hall–Kier alpha value is 0.531. The summed E-state index contributed by atoms with van der Waals surface area (Å²) in [6.07, 6.45) is 0. The lowest BCUT2D eigenvalue weighted by Gasteiger charge is -2.57. The van der Waals surface area contributed by atoms with Crippen molar-refractivity contribution < 1.29 is 13.3 Å². The second kappa shape index (κ2) is 5.14. The van der Waals surface area contributed by atoms with Crippen molar-refractivity contribution >= 4 is 23.0 Å². The Morgan fingerprint density at radius 1 is 1.00 bits per heavy atom. The molecule has 1 rings (SSSR count). The molecule has 0 bridgehead atoms. The van der Waals surface area contributed by atoms with E-state index in [9.17, 15) is 0 Å². The lowest BCUT2D eigenvalue weighted by Crippen LogP contribution is -2.81. The predicted molar refractivity (Wildman–Crippen MR) is 83.9 cm³/mol. The van der Waals surface area contributed by atoms with Crippen LogP contribution in [0.4, 0.5) is 0 Å². The quantitative estimate of drug-likeness (QED) is 0.745. The van der Waals surface area contributed by atoms with Gasteiger partial charge in [0.2, 0.25) is 0 Å². The van der Waals surface area contributed by atoms with Gasteiger partial charge < -0.3 is 13.3 Å². The molecule has 6 heteroatoms. The van der Waals surface area contributed by atoms with E-state index in [0.29, 0.717) is 0 Å². The molecule has 18 heavy (non-hydrogen) atoms. The fourth-order valence-corrected chi connectivity index (χ4v) is 30.2. The molecule has 0 aromatic heterocycles. The first-order valence-corrected chi connectivity index (χ1v) is 16.9. The minimum atomic E-state index is -2.11. The van der Waals surface area contributed by atoms with Crippen molar-refractivity contribution in [2.75, 3.05) is 13.2 Å². The van der Waals surface area contributed by atoms with Gasteiger partial charge in [0.25, 0.3) is 0 Å². The van der Waals surface area contributed by atoms with E-state index in [4.69, 9.17) is 13.3 Å². The Morgan fingerprint density at radius 3 is 1.83 bits per heavy atom. The third kappa shape index (κ3) is 2.69. The highest BCUT2D eigenvalue weighted by Gasteiger charge is 2.68. The van der Waals surface area contributed by atoms with Crippen LogP contribution in [0.1, 0.15) is 27.7 Å². The van der Waals surface area contributed by atoms with Gasteiger partial charge in [0.05, 0.1) is 5.60 Å². The summed E-state index contributed by atoms with van der Waals surface area (Å²) < 4.78 is 19.2. The molecule has 1 fully saturated rings. The van der Waals surface area contributed by atoms with Gasteiger partial charge in [0.1, 0.15) is 7.11 Å². The van der Waals surface area contributed by atoms with Gasteiger partial charge in [-0.3, -0.25) is 0 Å². The highest BCUT2D eigenvalue weighted by atomic mass is 29.7. The maximum absolute atomic E-state index is 6.50. The molecule has 0 aromatic carbocycles. The monoisotopic (exact) mass is 306 g/mol. The average Bonchev–Trinajstić information content (AvgIpc) is 2.13. The van der Waals surface area contributed by atoms with Gasteiger partial charge in [-0.25, -0.2) is 0 Å². The molecule has 1 aliphatic rings. The summed E-state index contributed by atoms with van der Waals surface area (Å²) in [7, 11) is -5.44. The van der Waals surface area contributed by atoms with E-state index in [-0.39, 0.29) is 5.60 Å². The molecule has 3 nitrogen and oxygen atoms in total. The normalized spacial score (nSPS) is 28.0. The fourth-order valence-electron chi connectivity index (χ4n) is 3.07. The number of rotatable bonds is 4. The average molecular weight is 307 g/mol. The molecule has 1 aliphatic heterocycles. The minimum absolute atomic E-state index is 0.0885. The van der Waals surface area contributed by atoms with Gasteiger partial charge >= 0.3 is 8.08 Å². The van der Waals surface area contributed by atoms with Crippen LogP contribution in [-0.4, -0.2) is 41.8 Å². The Bertz CT molecular complexity index is 297. The van der Waals surface area contributed by atoms with Crippen LogP contribution in [0.2, 0.25) is 32.2 Å². The summed E-state index contributed by atoms with van der Waals surface area (Å²) in [5.41, 5.74) is -0.0885. The molecule has 0 N–H and O–H groups in total. The van der Waals surface area contributed by atoms with Gasteiger partial charge in [-0.1, -0.05) is 13.1 Å². The molecule has 0 radical (unpaired) electrons. The minimum Gasteiger partial charge on any atom is -0.415 e. The molecular weight excluding hydrogens is 276 g/mol. The second-order valence-electron chi connectivity index (χ2n) is 6.79. The molecule has 0 saturated carbocycles. The maximum Gasteiger partial charge on any atom is 0.319 e. The Balaban J connectivity index is 3.25. The molecule has 0 aliphatic carbocycles. The van der Waals surface area contributed by atoms with Crippen LogP contribution in [0.5, 0.6) is 0 Å². The van der Waals surface area contributed by atoms with E-state index in [1.54, 1.807) is 0 Å². The van der Waals surface area contributed by atoms with Crippen LogP contribution in [0.15, 0.2) is 0 Å². The van der Waals surface area contributed by atoms with Gasteiger partial charge in [-0.05, 0) is 40.8 Å². The molecule has 0 atom stereocenters. The van der Waals surface area contributed by atoms with Crippen LogP contribution >= 0.6 is 0 Å². The highest BCUT2D eigenvalue weighted by molar-refractivity contribution is 7.65. The van der Waals surface area contributed by atoms with E-state index < -0.39 is 23.0 Å². The van der Waals surface area contributed by atoms with Gasteiger partial charge in [0.15, 0.2) is 7.83 Å². The summed E-state index contributed by atoms with van der Waals surface area (Å²) in [5.74, 6) is 0. The molecule has 0 spiro atoms. The smallest absolute Gasteiger partial charge is 0.319 e. The molecule has 1 saturated heterocycles. The third-order valence-corrected chi connectivity index (χ3v) is 38.5. The van der Waals surface area contributed by atoms with Crippen molar-refractivity contribution in [2.45, 2.75) is 65.5 Å². The molecule has 108 valence electrons. The Morgan fingerprint density at radius 2 is 1.44 bits per heavy atom. The van der Waals surface area contributed by atoms with Gasteiger partial charge in [0, 0.05) is 19.3 Å². The lowest BCUT2D eigenvalue weighted by molar-refractivity contribution is 0.0951. The summed E-state index contributed by atoms with van der Waals surface area (Å²) in [6.45, 7) is 19.7. The zero-order valence-electron chi connectivity index (χ0n) is 13.3. The zero-order valence-corrected chi connectivity index (χ0v) is 16.3. The van der Waals surface area contributed by atoms with Crippen molar-refractivity contribution in [2.24, 2.45) is 0 Å². The topological polar surface area (TPSA) is 27.7 Å². The lowest BCUT2D eigenvalue weighted by atomic mass is 10.2. The van der Waals surface area contributed by atoms with Crippen molar-refractivity contribution in [1.29, 1.82) is 0 Å². The first kappa shape index (κ1) is 16.6. The molecule has 0 unspecified atom stereocenters.